The molecule has 0 spiro atoms. The van der Waals surface area contributed by atoms with Crippen LogP contribution in [-0.2, 0) is 4.79 Å². The summed E-state index contributed by atoms with van der Waals surface area (Å²) in [7, 11) is 0. The quantitative estimate of drug-likeness (QED) is 0.476. The number of halogens is 3. The van der Waals surface area contributed by atoms with Crippen molar-refractivity contribution in [3.05, 3.63) is 22.0 Å². The minimum atomic E-state index is -1.91. The molecule has 1 atom stereocenters. The van der Waals surface area contributed by atoms with Gasteiger partial charge in [0.1, 0.15) is 0 Å². The fourth-order valence-corrected chi connectivity index (χ4v) is 1.34. The summed E-state index contributed by atoms with van der Waals surface area (Å²) in [5.74, 6) is -1.34. The molecule has 0 radical (unpaired) electrons. The lowest BCUT2D eigenvalue weighted by molar-refractivity contribution is -0.139. The highest BCUT2D eigenvalue weighted by molar-refractivity contribution is 6.47. The van der Waals surface area contributed by atoms with E-state index in [0.29, 0.717) is 0 Å². The summed E-state index contributed by atoms with van der Waals surface area (Å²) in [6, 6.07) is 0. The van der Waals surface area contributed by atoms with Crippen molar-refractivity contribution < 1.29 is 9.90 Å². The lowest BCUT2D eigenvalue weighted by atomic mass is 10.2. The van der Waals surface area contributed by atoms with Crippen LogP contribution in [-0.4, -0.2) is 16.1 Å². The van der Waals surface area contributed by atoms with Crippen molar-refractivity contribution in [3.8, 4) is 0 Å². The maximum absolute atomic E-state index is 10.7. The predicted octanol–water partition coefficient (Wildman–Crippen LogP) is 1.10. The predicted molar refractivity (Wildman–Crippen MR) is 50.4 cm³/mol. The van der Waals surface area contributed by atoms with Crippen LogP contribution in [0, 0.1) is 0 Å². The van der Waals surface area contributed by atoms with Gasteiger partial charge in [0, 0.05) is 6.20 Å². The highest BCUT2D eigenvalue weighted by Crippen LogP contribution is 2.34. The van der Waals surface area contributed by atoms with Gasteiger partial charge < -0.3 is 16.2 Å². The highest BCUT2D eigenvalue weighted by atomic mass is 35.5. The molecule has 1 unspecified atom stereocenters. The van der Waals surface area contributed by atoms with Crippen LogP contribution < -0.4 is 11.1 Å². The van der Waals surface area contributed by atoms with E-state index in [1.165, 1.54) is 6.20 Å². The SMILES string of the molecule is NC1=C(Cl)C(Cl)(C(=O)O)NC=C1Cl. The Kier molecular flexibility index (Phi) is 2.66. The van der Waals surface area contributed by atoms with E-state index in [2.05, 4.69) is 5.32 Å². The van der Waals surface area contributed by atoms with Crippen molar-refractivity contribution in [1.82, 2.24) is 5.32 Å². The fraction of sp³-hybridized carbons (Fsp3) is 0.167. The van der Waals surface area contributed by atoms with Crippen molar-refractivity contribution in [2.45, 2.75) is 5.00 Å². The largest absolute Gasteiger partial charge is 0.478 e. The summed E-state index contributed by atoms with van der Waals surface area (Å²) >= 11 is 16.8. The van der Waals surface area contributed by atoms with Gasteiger partial charge in [-0.1, -0.05) is 34.8 Å². The lowest BCUT2D eigenvalue weighted by Crippen LogP contribution is -2.47. The molecule has 13 heavy (non-hydrogen) atoms. The van der Waals surface area contributed by atoms with E-state index in [1.54, 1.807) is 0 Å². The van der Waals surface area contributed by atoms with Gasteiger partial charge in [0.05, 0.1) is 15.8 Å². The average molecular weight is 243 g/mol. The summed E-state index contributed by atoms with van der Waals surface area (Å²) in [6.45, 7) is 0. The number of rotatable bonds is 1. The van der Waals surface area contributed by atoms with Crippen molar-refractivity contribution in [2.75, 3.05) is 0 Å². The first-order chi connectivity index (χ1) is 5.89. The number of alkyl halides is 1. The zero-order chi connectivity index (χ0) is 10.2. The summed E-state index contributed by atoms with van der Waals surface area (Å²) in [4.78, 5) is 8.79. The Bertz CT molecular complexity index is 326. The second-order valence-electron chi connectivity index (χ2n) is 2.33. The summed E-state index contributed by atoms with van der Waals surface area (Å²) in [6.07, 6.45) is 1.18. The maximum atomic E-state index is 10.7. The summed E-state index contributed by atoms with van der Waals surface area (Å²) < 4.78 is 0. The Morgan fingerprint density at radius 2 is 2.15 bits per heavy atom. The number of carboxylic acids is 1. The Balaban J connectivity index is 3.18. The number of nitrogens with one attached hydrogen (secondary N) is 1. The smallest absolute Gasteiger partial charge is 0.351 e. The molecule has 0 bridgehead atoms. The molecule has 72 valence electrons. The molecule has 4 N–H and O–H groups in total. The zero-order valence-electron chi connectivity index (χ0n) is 6.14. The fourth-order valence-electron chi connectivity index (χ4n) is 0.750. The topological polar surface area (TPSA) is 75.4 Å². The van der Waals surface area contributed by atoms with Gasteiger partial charge in [0.15, 0.2) is 0 Å². The Hall–Kier alpha value is -0.580. The zero-order valence-corrected chi connectivity index (χ0v) is 8.41. The van der Waals surface area contributed by atoms with E-state index in [-0.39, 0.29) is 15.8 Å². The second-order valence-corrected chi connectivity index (χ2v) is 3.68. The van der Waals surface area contributed by atoms with Crippen molar-refractivity contribution in [2.24, 2.45) is 5.73 Å². The molecule has 1 aliphatic heterocycles. The molecule has 7 heteroatoms. The first kappa shape index (κ1) is 10.5. The molecule has 0 saturated carbocycles. The maximum Gasteiger partial charge on any atom is 0.351 e. The highest BCUT2D eigenvalue weighted by Gasteiger charge is 2.43. The molecule has 0 aromatic rings. The third kappa shape index (κ3) is 1.57. The number of hydrogen-bond acceptors (Lipinski definition) is 3. The number of carboxylic acid groups (broad SMARTS) is 1. The molecular weight excluding hydrogens is 238 g/mol. The van der Waals surface area contributed by atoms with E-state index >= 15 is 0 Å². The normalized spacial score (nSPS) is 28.1. The van der Waals surface area contributed by atoms with Crippen LogP contribution in [0.2, 0.25) is 0 Å². The van der Waals surface area contributed by atoms with Crippen LogP contribution >= 0.6 is 34.8 Å². The number of nitrogens with two attached hydrogens (primary N) is 1. The van der Waals surface area contributed by atoms with Gasteiger partial charge in [-0.15, -0.1) is 0 Å². The molecule has 4 nitrogen and oxygen atoms in total. The third-order valence-corrected chi connectivity index (χ3v) is 2.84. The van der Waals surface area contributed by atoms with Crippen LogP contribution in [0.5, 0.6) is 0 Å². The molecule has 0 fully saturated rings. The van der Waals surface area contributed by atoms with Crippen LogP contribution in [0.25, 0.3) is 0 Å². The molecule has 1 aliphatic rings. The first-order valence-electron chi connectivity index (χ1n) is 3.11. The minimum absolute atomic E-state index is 0.0421. The van der Waals surface area contributed by atoms with E-state index < -0.39 is 11.0 Å². The monoisotopic (exact) mass is 242 g/mol. The number of hydrogen-bond donors (Lipinski definition) is 3. The van der Waals surface area contributed by atoms with Crippen LogP contribution in [0.4, 0.5) is 0 Å². The van der Waals surface area contributed by atoms with E-state index in [9.17, 15) is 4.79 Å². The number of allylic oxidation sites excluding steroid dienone is 1. The van der Waals surface area contributed by atoms with Crippen molar-refractivity contribution in [3.63, 3.8) is 0 Å². The van der Waals surface area contributed by atoms with Gasteiger partial charge in [0.2, 0.25) is 5.00 Å². The molecule has 0 aliphatic carbocycles. The van der Waals surface area contributed by atoms with Gasteiger partial charge in [0.25, 0.3) is 0 Å². The number of aliphatic carboxylic acids is 1. The summed E-state index contributed by atoms with van der Waals surface area (Å²) in [5.41, 5.74) is 5.35. The standard InChI is InChI=1S/C6H5Cl3N2O2/c7-2-1-11-6(9,5(12)13)4(8)3(2)10/h1,11H,10H2,(H,12,13). The first-order valence-corrected chi connectivity index (χ1v) is 4.24. The van der Waals surface area contributed by atoms with E-state index in [0.717, 1.165) is 0 Å². The molecule has 1 rings (SSSR count). The van der Waals surface area contributed by atoms with Crippen LogP contribution in [0.3, 0.4) is 0 Å². The van der Waals surface area contributed by atoms with E-state index in [1.807, 2.05) is 0 Å². The molecule has 0 aromatic heterocycles. The summed E-state index contributed by atoms with van der Waals surface area (Å²) in [5, 5.41) is 10.9. The van der Waals surface area contributed by atoms with Gasteiger partial charge >= 0.3 is 5.97 Å². The molecule has 0 saturated heterocycles. The Labute approximate surface area is 88.9 Å². The Morgan fingerprint density at radius 3 is 2.62 bits per heavy atom. The lowest BCUT2D eigenvalue weighted by Gasteiger charge is -2.27. The number of dihydropyridines is 1. The molecule has 0 aromatic carbocycles. The van der Waals surface area contributed by atoms with Crippen LogP contribution in [0.1, 0.15) is 0 Å². The van der Waals surface area contributed by atoms with Crippen molar-refractivity contribution >= 4 is 40.8 Å². The number of carbonyl (C=O) groups is 1. The van der Waals surface area contributed by atoms with Crippen LogP contribution in [0.15, 0.2) is 22.0 Å². The third-order valence-electron chi connectivity index (χ3n) is 1.49. The van der Waals surface area contributed by atoms with Gasteiger partial charge in [-0.25, -0.2) is 4.79 Å². The van der Waals surface area contributed by atoms with Gasteiger partial charge in [-0.05, 0) is 0 Å². The average Bonchev–Trinajstić information content (AvgIpc) is 2.08. The molecule has 0 amide bonds. The minimum Gasteiger partial charge on any atom is -0.478 e. The molecule has 1 heterocycles. The van der Waals surface area contributed by atoms with E-state index in [4.69, 9.17) is 45.6 Å². The Morgan fingerprint density at radius 1 is 1.62 bits per heavy atom. The van der Waals surface area contributed by atoms with Crippen molar-refractivity contribution in [1.29, 1.82) is 0 Å². The second kappa shape index (κ2) is 3.29. The van der Waals surface area contributed by atoms with Gasteiger partial charge in [-0.3, -0.25) is 0 Å². The van der Waals surface area contributed by atoms with Gasteiger partial charge in [-0.2, -0.15) is 0 Å². The molecular formula is C6H5Cl3N2O2.